The summed E-state index contributed by atoms with van der Waals surface area (Å²) in [6, 6.07) is 7.69. The summed E-state index contributed by atoms with van der Waals surface area (Å²) in [6.45, 7) is 2.75. The molecule has 0 atom stereocenters. The van der Waals surface area contributed by atoms with E-state index in [1.54, 1.807) is 18.2 Å². The molecule has 1 radical (unpaired) electrons. The largest absolute Gasteiger partial charge is 0.494 e. The van der Waals surface area contributed by atoms with Gasteiger partial charge in [-0.3, -0.25) is 4.79 Å². The van der Waals surface area contributed by atoms with Gasteiger partial charge in [0.1, 0.15) is 5.75 Å². The van der Waals surface area contributed by atoms with Gasteiger partial charge in [0.15, 0.2) is 0 Å². The van der Waals surface area contributed by atoms with Gasteiger partial charge in [-0.25, -0.2) is 0 Å². The number of hydrogen-bond donors (Lipinski definition) is 1. The number of benzene rings is 1. The van der Waals surface area contributed by atoms with Crippen LogP contribution in [0.4, 0.5) is 0 Å². The van der Waals surface area contributed by atoms with Crippen molar-refractivity contribution in [3.8, 4) is 5.75 Å². The number of primary amides is 1. The molecule has 1 aromatic carbocycles. The molecule has 0 spiro atoms. The molecule has 1 rings (SSSR count). The van der Waals surface area contributed by atoms with Crippen LogP contribution in [-0.2, 0) is 0 Å². The Morgan fingerprint density at radius 2 is 2.36 bits per heavy atom. The lowest BCUT2D eigenvalue weighted by molar-refractivity contribution is 0.1000. The van der Waals surface area contributed by atoms with Gasteiger partial charge in [-0.2, -0.15) is 0 Å². The number of rotatable bonds is 5. The molecule has 2 N–H and O–H groups in total. The van der Waals surface area contributed by atoms with Gasteiger partial charge < -0.3 is 10.5 Å². The zero-order chi connectivity index (χ0) is 10.4. The van der Waals surface area contributed by atoms with Crippen LogP contribution in [0, 0.1) is 6.07 Å². The number of nitrogens with two attached hydrogens (primary N) is 1. The number of carbonyl (C=O) groups is 1. The van der Waals surface area contributed by atoms with E-state index in [4.69, 9.17) is 10.5 Å². The molecule has 1 aromatic rings. The van der Waals surface area contributed by atoms with Crippen LogP contribution in [0.1, 0.15) is 30.1 Å². The minimum Gasteiger partial charge on any atom is -0.494 e. The van der Waals surface area contributed by atoms with E-state index in [0.717, 1.165) is 12.8 Å². The summed E-state index contributed by atoms with van der Waals surface area (Å²) in [5, 5.41) is 0. The van der Waals surface area contributed by atoms with Gasteiger partial charge in [-0.1, -0.05) is 13.3 Å². The van der Waals surface area contributed by atoms with E-state index >= 15 is 0 Å². The van der Waals surface area contributed by atoms with E-state index in [1.165, 1.54) is 0 Å². The third-order valence-corrected chi connectivity index (χ3v) is 1.81. The van der Waals surface area contributed by atoms with Gasteiger partial charge in [-0.15, -0.1) is 0 Å². The normalized spacial score (nSPS) is 9.79. The summed E-state index contributed by atoms with van der Waals surface area (Å²) < 4.78 is 5.40. The molecule has 0 aliphatic carbocycles. The zero-order valence-corrected chi connectivity index (χ0v) is 8.25. The first-order valence-electron chi connectivity index (χ1n) is 4.67. The van der Waals surface area contributed by atoms with Crippen molar-refractivity contribution in [3.05, 3.63) is 29.8 Å². The van der Waals surface area contributed by atoms with Crippen LogP contribution in [0.3, 0.4) is 0 Å². The van der Waals surface area contributed by atoms with Crippen LogP contribution in [0.25, 0.3) is 0 Å². The van der Waals surface area contributed by atoms with E-state index in [0.29, 0.717) is 17.9 Å². The van der Waals surface area contributed by atoms with Crippen molar-refractivity contribution in [2.45, 2.75) is 19.8 Å². The Labute approximate surface area is 83.9 Å². The molecule has 0 saturated heterocycles. The molecule has 0 aliphatic heterocycles. The molecule has 0 aromatic heterocycles. The van der Waals surface area contributed by atoms with Gasteiger partial charge in [0.25, 0.3) is 0 Å². The van der Waals surface area contributed by atoms with E-state index in [2.05, 4.69) is 13.0 Å². The predicted octanol–water partition coefficient (Wildman–Crippen LogP) is 1.76. The summed E-state index contributed by atoms with van der Waals surface area (Å²) in [4.78, 5) is 10.8. The van der Waals surface area contributed by atoms with Crippen LogP contribution < -0.4 is 10.5 Å². The average Bonchev–Trinajstić information content (AvgIpc) is 2.19. The summed E-state index contributed by atoms with van der Waals surface area (Å²) in [5.41, 5.74) is 5.55. The van der Waals surface area contributed by atoms with Gasteiger partial charge >= 0.3 is 0 Å². The standard InChI is InChI=1S/C11H14NO2/c1-2-3-7-14-10-6-4-5-9(8-10)11(12)13/h5-6,8H,2-3,7H2,1H3,(H2,12,13). The van der Waals surface area contributed by atoms with Crippen molar-refractivity contribution in [1.82, 2.24) is 0 Å². The maximum atomic E-state index is 10.8. The second-order valence-electron chi connectivity index (χ2n) is 3.02. The van der Waals surface area contributed by atoms with E-state index in [-0.39, 0.29) is 0 Å². The molecule has 1 amide bonds. The Kier molecular flexibility index (Phi) is 3.98. The van der Waals surface area contributed by atoms with Gasteiger partial charge in [0, 0.05) is 5.56 Å². The topological polar surface area (TPSA) is 52.3 Å². The Balaban J connectivity index is 2.59. The van der Waals surface area contributed by atoms with Crippen molar-refractivity contribution in [2.24, 2.45) is 5.73 Å². The third kappa shape index (κ3) is 3.09. The minimum atomic E-state index is -0.456. The molecule has 0 aliphatic rings. The van der Waals surface area contributed by atoms with Crippen LogP contribution >= 0.6 is 0 Å². The number of carbonyl (C=O) groups excluding carboxylic acids is 1. The van der Waals surface area contributed by atoms with E-state index in [1.807, 2.05) is 0 Å². The highest BCUT2D eigenvalue weighted by atomic mass is 16.5. The SMILES string of the molecule is CCCCOc1c[c]cc(C(N)=O)c1. The van der Waals surface area contributed by atoms with Crippen molar-refractivity contribution >= 4 is 5.91 Å². The highest BCUT2D eigenvalue weighted by molar-refractivity contribution is 5.93. The molecule has 14 heavy (non-hydrogen) atoms. The summed E-state index contributed by atoms with van der Waals surface area (Å²) >= 11 is 0. The maximum absolute atomic E-state index is 10.8. The lowest BCUT2D eigenvalue weighted by Gasteiger charge is -2.05. The monoisotopic (exact) mass is 192 g/mol. The molecule has 3 heteroatoms. The maximum Gasteiger partial charge on any atom is 0.248 e. The molecule has 3 nitrogen and oxygen atoms in total. The molecule has 0 unspecified atom stereocenters. The van der Waals surface area contributed by atoms with E-state index < -0.39 is 5.91 Å². The highest BCUT2D eigenvalue weighted by Gasteiger charge is 2.01. The van der Waals surface area contributed by atoms with Crippen LogP contribution in [0.2, 0.25) is 0 Å². The number of unbranched alkanes of at least 4 members (excludes halogenated alkanes) is 1. The number of hydrogen-bond acceptors (Lipinski definition) is 2. The first kappa shape index (κ1) is 10.6. The Morgan fingerprint density at radius 3 is 3.00 bits per heavy atom. The highest BCUT2D eigenvalue weighted by Crippen LogP contribution is 2.12. The van der Waals surface area contributed by atoms with Crippen LogP contribution in [0.15, 0.2) is 18.2 Å². The van der Waals surface area contributed by atoms with Crippen LogP contribution in [-0.4, -0.2) is 12.5 Å². The van der Waals surface area contributed by atoms with Crippen molar-refractivity contribution in [1.29, 1.82) is 0 Å². The fraction of sp³-hybridized carbons (Fsp3) is 0.364. The fourth-order valence-electron chi connectivity index (χ4n) is 1.01. The quantitative estimate of drug-likeness (QED) is 0.723. The second-order valence-corrected chi connectivity index (χ2v) is 3.02. The predicted molar refractivity (Wildman–Crippen MR) is 54.2 cm³/mol. The van der Waals surface area contributed by atoms with Gasteiger partial charge in [0.2, 0.25) is 5.91 Å². The Bertz CT molecular complexity index is 310. The molecule has 0 bridgehead atoms. The molecule has 0 fully saturated rings. The van der Waals surface area contributed by atoms with Crippen molar-refractivity contribution < 1.29 is 9.53 Å². The Morgan fingerprint density at radius 1 is 1.57 bits per heavy atom. The first-order valence-corrected chi connectivity index (χ1v) is 4.67. The summed E-state index contributed by atoms with van der Waals surface area (Å²) in [5.74, 6) is 0.192. The lowest BCUT2D eigenvalue weighted by atomic mass is 10.2. The Hall–Kier alpha value is -1.51. The minimum absolute atomic E-state index is 0.430. The van der Waals surface area contributed by atoms with Crippen LogP contribution in [0.5, 0.6) is 5.75 Å². The summed E-state index contributed by atoms with van der Waals surface area (Å²) in [6.07, 6.45) is 2.08. The molecule has 0 heterocycles. The fourth-order valence-corrected chi connectivity index (χ4v) is 1.01. The second kappa shape index (κ2) is 5.27. The lowest BCUT2D eigenvalue weighted by Crippen LogP contribution is -2.10. The van der Waals surface area contributed by atoms with Gasteiger partial charge in [-0.05, 0) is 30.7 Å². The van der Waals surface area contributed by atoms with E-state index in [9.17, 15) is 4.79 Å². The number of ether oxygens (including phenoxy) is 1. The van der Waals surface area contributed by atoms with Gasteiger partial charge in [0.05, 0.1) is 6.61 Å². The first-order chi connectivity index (χ1) is 6.74. The summed E-state index contributed by atoms with van der Waals surface area (Å²) in [7, 11) is 0. The molecule has 0 saturated carbocycles. The van der Waals surface area contributed by atoms with Crippen molar-refractivity contribution in [2.75, 3.05) is 6.61 Å². The molecule has 75 valence electrons. The molecular weight excluding hydrogens is 178 g/mol. The average molecular weight is 192 g/mol. The smallest absolute Gasteiger partial charge is 0.248 e. The zero-order valence-electron chi connectivity index (χ0n) is 8.25. The van der Waals surface area contributed by atoms with Crippen molar-refractivity contribution in [3.63, 3.8) is 0 Å². The third-order valence-electron chi connectivity index (χ3n) is 1.81. The molecular formula is C11H14NO2. The number of amides is 1.